The van der Waals surface area contributed by atoms with Crippen LogP contribution in [0, 0.1) is 5.92 Å². The second-order valence-electron chi connectivity index (χ2n) is 4.74. The van der Waals surface area contributed by atoms with Crippen LogP contribution < -0.4 is 5.32 Å². The summed E-state index contributed by atoms with van der Waals surface area (Å²) in [5, 5.41) is 12.2. The van der Waals surface area contributed by atoms with Crippen LogP contribution in [0.5, 0.6) is 5.75 Å². The Bertz CT molecular complexity index is 440. The van der Waals surface area contributed by atoms with Crippen molar-refractivity contribution in [1.29, 1.82) is 0 Å². The molecule has 0 radical (unpaired) electrons. The zero-order valence-electron chi connectivity index (χ0n) is 10.4. The molecule has 1 aromatic carbocycles. The molecular weight excluding hydrogens is 226 g/mol. The topological polar surface area (TPSA) is 49.3 Å². The fourth-order valence-corrected chi connectivity index (χ4v) is 2.23. The van der Waals surface area contributed by atoms with E-state index in [4.69, 9.17) is 0 Å². The molecule has 2 N–H and O–H groups in total. The average molecular weight is 245 g/mol. The Morgan fingerprint density at radius 3 is 3.06 bits per heavy atom. The molecule has 3 heteroatoms. The molecule has 2 rings (SSSR count). The number of nitrogens with one attached hydrogen (secondary N) is 1. The summed E-state index contributed by atoms with van der Waals surface area (Å²) in [5.41, 5.74) is 1.04. The van der Waals surface area contributed by atoms with Crippen molar-refractivity contribution < 1.29 is 9.90 Å². The second-order valence-corrected chi connectivity index (χ2v) is 4.74. The number of hydrogen-bond acceptors (Lipinski definition) is 2. The molecule has 0 bridgehead atoms. The number of carbonyl (C=O) groups is 1. The standard InChI is InChI=1S/C15H19NO2/c17-14-7-3-6-13(10-14)8-9-16-15(18)11-12-4-1-2-5-12/h1,3-4,6-7,10,12,17H,2,5,8-9,11H2,(H,16,18)/t12-/m0/s1. The van der Waals surface area contributed by atoms with Crippen LogP contribution >= 0.6 is 0 Å². The molecule has 0 saturated heterocycles. The van der Waals surface area contributed by atoms with Crippen molar-refractivity contribution in [2.24, 2.45) is 5.92 Å². The summed E-state index contributed by atoms with van der Waals surface area (Å²) in [4.78, 5) is 11.7. The molecule has 1 aliphatic carbocycles. The van der Waals surface area contributed by atoms with Gasteiger partial charge in [-0.15, -0.1) is 0 Å². The SMILES string of the molecule is O=C(C[C@H]1C=CCC1)NCCc1cccc(O)c1. The fraction of sp³-hybridized carbons (Fsp3) is 0.400. The monoisotopic (exact) mass is 245 g/mol. The normalized spacial score (nSPS) is 17.9. The van der Waals surface area contributed by atoms with Crippen LogP contribution in [0.15, 0.2) is 36.4 Å². The highest BCUT2D eigenvalue weighted by Crippen LogP contribution is 2.19. The first-order valence-electron chi connectivity index (χ1n) is 6.45. The van der Waals surface area contributed by atoms with Gasteiger partial charge >= 0.3 is 0 Å². The molecule has 0 spiro atoms. The number of aromatic hydroxyl groups is 1. The lowest BCUT2D eigenvalue weighted by Gasteiger charge is -2.08. The lowest BCUT2D eigenvalue weighted by atomic mass is 10.0. The molecule has 0 aliphatic heterocycles. The molecule has 1 atom stereocenters. The van der Waals surface area contributed by atoms with Gasteiger partial charge in [0.1, 0.15) is 5.75 Å². The Kier molecular flexibility index (Phi) is 4.40. The van der Waals surface area contributed by atoms with Gasteiger partial charge in [-0.2, -0.15) is 0 Å². The van der Waals surface area contributed by atoms with Crippen molar-refractivity contribution >= 4 is 5.91 Å². The largest absolute Gasteiger partial charge is 0.508 e. The minimum absolute atomic E-state index is 0.117. The molecule has 0 aromatic heterocycles. The van der Waals surface area contributed by atoms with Crippen molar-refractivity contribution in [2.45, 2.75) is 25.7 Å². The predicted octanol–water partition coefficient (Wildman–Crippen LogP) is 2.41. The smallest absolute Gasteiger partial charge is 0.220 e. The summed E-state index contributed by atoms with van der Waals surface area (Å²) in [5.74, 6) is 0.812. The first kappa shape index (κ1) is 12.7. The Labute approximate surface area is 108 Å². The second kappa shape index (κ2) is 6.24. The van der Waals surface area contributed by atoms with Crippen LogP contribution in [-0.2, 0) is 11.2 Å². The summed E-state index contributed by atoms with van der Waals surface area (Å²) >= 11 is 0. The van der Waals surface area contributed by atoms with Crippen LogP contribution in [0.3, 0.4) is 0 Å². The maximum absolute atomic E-state index is 11.7. The van der Waals surface area contributed by atoms with Gasteiger partial charge in [0.25, 0.3) is 0 Å². The van der Waals surface area contributed by atoms with Crippen molar-refractivity contribution in [1.82, 2.24) is 5.32 Å². The van der Waals surface area contributed by atoms with Gasteiger partial charge < -0.3 is 10.4 Å². The molecule has 0 saturated carbocycles. The highest BCUT2D eigenvalue weighted by molar-refractivity contribution is 5.76. The predicted molar refractivity (Wildman–Crippen MR) is 71.3 cm³/mol. The van der Waals surface area contributed by atoms with Crippen molar-refractivity contribution in [3.63, 3.8) is 0 Å². The number of phenolic OH excluding ortho intramolecular Hbond substituents is 1. The van der Waals surface area contributed by atoms with Gasteiger partial charge in [0, 0.05) is 13.0 Å². The lowest BCUT2D eigenvalue weighted by molar-refractivity contribution is -0.121. The number of phenols is 1. The summed E-state index contributed by atoms with van der Waals surface area (Å²) in [6.45, 7) is 0.624. The van der Waals surface area contributed by atoms with E-state index in [2.05, 4.69) is 17.5 Å². The molecule has 18 heavy (non-hydrogen) atoms. The zero-order valence-corrected chi connectivity index (χ0v) is 10.4. The fourth-order valence-electron chi connectivity index (χ4n) is 2.23. The number of amides is 1. The zero-order chi connectivity index (χ0) is 12.8. The van der Waals surface area contributed by atoms with E-state index in [1.54, 1.807) is 12.1 Å². The summed E-state index contributed by atoms with van der Waals surface area (Å²) in [7, 11) is 0. The van der Waals surface area contributed by atoms with Gasteiger partial charge in [-0.3, -0.25) is 4.79 Å². The Morgan fingerprint density at radius 1 is 1.44 bits per heavy atom. The Morgan fingerprint density at radius 2 is 2.33 bits per heavy atom. The molecule has 0 heterocycles. The average Bonchev–Trinajstić information content (AvgIpc) is 2.82. The third-order valence-corrected chi connectivity index (χ3v) is 3.21. The maximum atomic E-state index is 11.7. The van der Waals surface area contributed by atoms with E-state index >= 15 is 0 Å². The third-order valence-electron chi connectivity index (χ3n) is 3.21. The number of hydrogen-bond donors (Lipinski definition) is 2. The molecule has 1 amide bonds. The van der Waals surface area contributed by atoms with E-state index in [1.165, 1.54) is 0 Å². The van der Waals surface area contributed by atoms with Crippen molar-refractivity contribution in [3.05, 3.63) is 42.0 Å². The summed E-state index contributed by atoms with van der Waals surface area (Å²) < 4.78 is 0. The number of rotatable bonds is 5. The molecule has 0 fully saturated rings. The molecule has 3 nitrogen and oxygen atoms in total. The Hall–Kier alpha value is -1.77. The summed E-state index contributed by atoms with van der Waals surface area (Å²) in [6.07, 6.45) is 7.82. The van der Waals surface area contributed by atoms with Crippen LogP contribution in [0.1, 0.15) is 24.8 Å². The number of benzene rings is 1. The van der Waals surface area contributed by atoms with Gasteiger partial charge in [-0.1, -0.05) is 24.3 Å². The molecule has 96 valence electrons. The highest BCUT2D eigenvalue weighted by atomic mass is 16.3. The quantitative estimate of drug-likeness (QED) is 0.783. The summed E-state index contributed by atoms with van der Waals surface area (Å²) in [6, 6.07) is 7.14. The van der Waals surface area contributed by atoms with Crippen LogP contribution in [0.2, 0.25) is 0 Å². The molecular formula is C15H19NO2. The van der Waals surface area contributed by atoms with Gasteiger partial charge in [0.2, 0.25) is 5.91 Å². The van der Waals surface area contributed by atoms with Gasteiger partial charge in [-0.05, 0) is 42.9 Å². The van der Waals surface area contributed by atoms with E-state index < -0.39 is 0 Å². The van der Waals surface area contributed by atoms with E-state index in [9.17, 15) is 9.90 Å². The highest BCUT2D eigenvalue weighted by Gasteiger charge is 2.13. The lowest BCUT2D eigenvalue weighted by Crippen LogP contribution is -2.26. The van der Waals surface area contributed by atoms with Crippen LogP contribution in [0.4, 0.5) is 0 Å². The number of carbonyl (C=O) groups excluding carboxylic acids is 1. The molecule has 0 unspecified atom stereocenters. The molecule has 1 aromatic rings. The minimum Gasteiger partial charge on any atom is -0.508 e. The van der Waals surface area contributed by atoms with Gasteiger partial charge in [0.15, 0.2) is 0 Å². The van der Waals surface area contributed by atoms with E-state index in [-0.39, 0.29) is 11.7 Å². The first-order chi connectivity index (χ1) is 8.74. The van der Waals surface area contributed by atoms with Crippen molar-refractivity contribution in [2.75, 3.05) is 6.54 Å². The Balaban J connectivity index is 1.68. The van der Waals surface area contributed by atoms with E-state index in [1.807, 2.05) is 12.1 Å². The van der Waals surface area contributed by atoms with Gasteiger partial charge in [0.05, 0.1) is 0 Å². The van der Waals surface area contributed by atoms with Gasteiger partial charge in [-0.25, -0.2) is 0 Å². The van der Waals surface area contributed by atoms with Crippen molar-refractivity contribution in [3.8, 4) is 5.75 Å². The maximum Gasteiger partial charge on any atom is 0.220 e. The third kappa shape index (κ3) is 3.91. The first-order valence-corrected chi connectivity index (χ1v) is 6.45. The minimum atomic E-state index is 0.117. The molecule has 1 aliphatic rings. The van der Waals surface area contributed by atoms with E-state index in [0.717, 1.165) is 24.8 Å². The van der Waals surface area contributed by atoms with Crippen LogP contribution in [0.25, 0.3) is 0 Å². The van der Waals surface area contributed by atoms with E-state index in [0.29, 0.717) is 18.9 Å². The van der Waals surface area contributed by atoms with Crippen LogP contribution in [-0.4, -0.2) is 17.6 Å². The number of allylic oxidation sites excluding steroid dienone is 2.